The molecule has 1 aliphatic rings. The second-order valence-corrected chi connectivity index (χ2v) is 5.05. The Labute approximate surface area is 109 Å². The van der Waals surface area contributed by atoms with Gasteiger partial charge >= 0.3 is 5.97 Å². The van der Waals surface area contributed by atoms with Gasteiger partial charge in [-0.25, -0.2) is 0 Å². The number of esters is 1. The zero-order valence-corrected chi connectivity index (χ0v) is 11.6. The monoisotopic (exact) mass is 256 g/mol. The lowest BCUT2D eigenvalue weighted by Crippen LogP contribution is -2.46. The largest absolute Gasteiger partial charge is 0.469 e. The Kier molecular flexibility index (Phi) is 6.12. The van der Waals surface area contributed by atoms with Crippen molar-refractivity contribution in [2.45, 2.75) is 51.6 Å². The number of likely N-dealkylation sites (tertiary alicyclic amines) is 1. The molecule has 0 unspecified atom stereocenters. The summed E-state index contributed by atoms with van der Waals surface area (Å²) in [5, 5.41) is 2.98. The van der Waals surface area contributed by atoms with E-state index in [0.29, 0.717) is 6.04 Å². The Morgan fingerprint density at radius 3 is 2.39 bits per heavy atom. The van der Waals surface area contributed by atoms with E-state index in [-0.39, 0.29) is 30.8 Å². The van der Waals surface area contributed by atoms with Gasteiger partial charge in [0.2, 0.25) is 5.91 Å². The Morgan fingerprint density at radius 2 is 1.89 bits per heavy atom. The SMILES string of the molecule is COC(=O)CCC(=O)NC1CCN(C(C)C)CC1. The third-order valence-electron chi connectivity index (χ3n) is 3.41. The molecule has 1 heterocycles. The molecule has 5 nitrogen and oxygen atoms in total. The van der Waals surface area contributed by atoms with E-state index in [4.69, 9.17) is 0 Å². The molecule has 18 heavy (non-hydrogen) atoms. The number of hydrogen-bond donors (Lipinski definition) is 1. The van der Waals surface area contributed by atoms with Gasteiger partial charge in [0.05, 0.1) is 13.5 Å². The van der Waals surface area contributed by atoms with E-state index in [1.54, 1.807) is 0 Å². The number of hydrogen-bond acceptors (Lipinski definition) is 4. The molecular weight excluding hydrogens is 232 g/mol. The van der Waals surface area contributed by atoms with Gasteiger partial charge in [-0.2, -0.15) is 0 Å². The predicted octanol–water partition coefficient (Wildman–Crippen LogP) is 0.929. The zero-order valence-electron chi connectivity index (χ0n) is 11.6. The lowest BCUT2D eigenvalue weighted by atomic mass is 10.0. The van der Waals surface area contributed by atoms with Crippen molar-refractivity contribution in [3.05, 3.63) is 0 Å². The maximum Gasteiger partial charge on any atom is 0.306 e. The van der Waals surface area contributed by atoms with E-state index in [1.165, 1.54) is 7.11 Å². The van der Waals surface area contributed by atoms with Crippen molar-refractivity contribution in [1.82, 2.24) is 10.2 Å². The van der Waals surface area contributed by atoms with Crippen LogP contribution >= 0.6 is 0 Å². The van der Waals surface area contributed by atoms with Crippen LogP contribution < -0.4 is 5.32 Å². The molecule has 0 bridgehead atoms. The molecule has 0 atom stereocenters. The summed E-state index contributed by atoms with van der Waals surface area (Å²) in [4.78, 5) is 24.9. The Hall–Kier alpha value is -1.10. The summed E-state index contributed by atoms with van der Waals surface area (Å²) in [6.45, 7) is 6.43. The minimum atomic E-state index is -0.334. The molecule has 0 aromatic heterocycles. The van der Waals surface area contributed by atoms with Crippen LogP contribution in [0.5, 0.6) is 0 Å². The van der Waals surface area contributed by atoms with Gasteiger partial charge in [0, 0.05) is 31.6 Å². The first kappa shape index (κ1) is 15.0. The first-order chi connectivity index (χ1) is 8.52. The van der Waals surface area contributed by atoms with Crippen LogP contribution in [0.4, 0.5) is 0 Å². The molecule has 5 heteroatoms. The third-order valence-corrected chi connectivity index (χ3v) is 3.41. The number of carbonyl (C=O) groups excluding carboxylic acids is 2. The topological polar surface area (TPSA) is 58.6 Å². The van der Waals surface area contributed by atoms with Crippen LogP contribution in [0, 0.1) is 0 Å². The standard InChI is InChI=1S/C13H24N2O3/c1-10(2)15-8-6-11(7-9-15)14-12(16)4-5-13(17)18-3/h10-11H,4-9H2,1-3H3,(H,14,16). The van der Waals surface area contributed by atoms with Crippen LogP contribution in [0.3, 0.4) is 0 Å². The van der Waals surface area contributed by atoms with E-state index in [9.17, 15) is 9.59 Å². The van der Waals surface area contributed by atoms with Crippen molar-refractivity contribution in [1.29, 1.82) is 0 Å². The maximum absolute atomic E-state index is 11.6. The van der Waals surface area contributed by atoms with Gasteiger partial charge in [-0.15, -0.1) is 0 Å². The molecule has 1 N–H and O–H groups in total. The van der Waals surface area contributed by atoms with Crippen LogP contribution in [0.1, 0.15) is 39.5 Å². The van der Waals surface area contributed by atoms with Gasteiger partial charge < -0.3 is 15.0 Å². The van der Waals surface area contributed by atoms with Crippen molar-refractivity contribution >= 4 is 11.9 Å². The summed E-state index contributed by atoms with van der Waals surface area (Å²) in [5.74, 6) is -0.386. The predicted molar refractivity (Wildman–Crippen MR) is 69.1 cm³/mol. The molecular formula is C13H24N2O3. The number of methoxy groups -OCH3 is 1. The van der Waals surface area contributed by atoms with Crippen LogP contribution in [0.25, 0.3) is 0 Å². The van der Waals surface area contributed by atoms with Crippen LogP contribution in [0.15, 0.2) is 0 Å². The molecule has 1 rings (SSSR count). The van der Waals surface area contributed by atoms with Crippen LogP contribution in [0.2, 0.25) is 0 Å². The summed E-state index contributed by atoms with van der Waals surface area (Å²) in [6, 6.07) is 0.825. The summed E-state index contributed by atoms with van der Waals surface area (Å²) in [6.07, 6.45) is 2.36. The lowest BCUT2D eigenvalue weighted by Gasteiger charge is -2.34. The maximum atomic E-state index is 11.6. The van der Waals surface area contributed by atoms with Crippen molar-refractivity contribution in [2.24, 2.45) is 0 Å². The zero-order chi connectivity index (χ0) is 13.5. The highest BCUT2D eigenvalue weighted by Crippen LogP contribution is 2.13. The van der Waals surface area contributed by atoms with Gasteiger partial charge in [-0.1, -0.05) is 0 Å². The first-order valence-corrected chi connectivity index (χ1v) is 6.63. The number of rotatable bonds is 5. The third kappa shape index (κ3) is 5.04. The van der Waals surface area contributed by atoms with Crippen molar-refractivity contribution < 1.29 is 14.3 Å². The number of amides is 1. The molecule has 0 spiro atoms. The Balaban J connectivity index is 2.20. The highest BCUT2D eigenvalue weighted by Gasteiger charge is 2.22. The quantitative estimate of drug-likeness (QED) is 0.743. The van der Waals surface area contributed by atoms with Crippen molar-refractivity contribution in [3.63, 3.8) is 0 Å². The highest BCUT2D eigenvalue weighted by molar-refractivity contribution is 5.81. The average molecular weight is 256 g/mol. The van der Waals surface area contributed by atoms with Crippen LogP contribution in [-0.4, -0.2) is 49.1 Å². The summed E-state index contributed by atoms with van der Waals surface area (Å²) in [5.41, 5.74) is 0. The van der Waals surface area contributed by atoms with Gasteiger partial charge in [0.15, 0.2) is 0 Å². The fourth-order valence-electron chi connectivity index (χ4n) is 2.18. The molecule has 1 amide bonds. The minimum Gasteiger partial charge on any atom is -0.469 e. The molecule has 0 saturated carbocycles. The Bertz CT molecular complexity index is 284. The average Bonchev–Trinajstić information content (AvgIpc) is 2.36. The highest BCUT2D eigenvalue weighted by atomic mass is 16.5. The molecule has 1 saturated heterocycles. The van der Waals surface area contributed by atoms with Crippen LogP contribution in [-0.2, 0) is 14.3 Å². The van der Waals surface area contributed by atoms with Gasteiger partial charge in [0.25, 0.3) is 0 Å². The van der Waals surface area contributed by atoms with E-state index in [2.05, 4.69) is 28.8 Å². The summed E-state index contributed by atoms with van der Waals surface area (Å²) in [7, 11) is 1.34. The van der Waals surface area contributed by atoms with Crippen molar-refractivity contribution in [3.8, 4) is 0 Å². The number of nitrogens with one attached hydrogen (secondary N) is 1. The fraction of sp³-hybridized carbons (Fsp3) is 0.846. The first-order valence-electron chi connectivity index (χ1n) is 6.63. The smallest absolute Gasteiger partial charge is 0.306 e. The fourth-order valence-corrected chi connectivity index (χ4v) is 2.18. The van der Waals surface area contributed by atoms with Gasteiger partial charge in [0.1, 0.15) is 0 Å². The molecule has 0 aliphatic carbocycles. The lowest BCUT2D eigenvalue weighted by molar-refractivity contribution is -0.142. The molecule has 1 fully saturated rings. The summed E-state index contributed by atoms with van der Waals surface area (Å²) < 4.78 is 4.51. The molecule has 0 aromatic carbocycles. The molecule has 0 radical (unpaired) electrons. The van der Waals surface area contributed by atoms with E-state index >= 15 is 0 Å². The number of ether oxygens (including phenoxy) is 1. The van der Waals surface area contributed by atoms with E-state index in [0.717, 1.165) is 25.9 Å². The summed E-state index contributed by atoms with van der Waals surface area (Å²) >= 11 is 0. The van der Waals surface area contributed by atoms with Gasteiger partial charge in [-0.05, 0) is 26.7 Å². The Morgan fingerprint density at radius 1 is 1.28 bits per heavy atom. The second kappa shape index (κ2) is 7.36. The molecule has 104 valence electrons. The number of carbonyl (C=O) groups is 2. The van der Waals surface area contributed by atoms with E-state index in [1.807, 2.05) is 0 Å². The second-order valence-electron chi connectivity index (χ2n) is 5.05. The molecule has 1 aliphatic heterocycles. The van der Waals surface area contributed by atoms with Gasteiger partial charge in [-0.3, -0.25) is 9.59 Å². The minimum absolute atomic E-state index is 0.0524. The number of piperidine rings is 1. The number of nitrogens with zero attached hydrogens (tertiary/aromatic N) is 1. The normalized spacial score (nSPS) is 17.8. The van der Waals surface area contributed by atoms with E-state index < -0.39 is 0 Å². The molecule has 0 aromatic rings. The van der Waals surface area contributed by atoms with Crippen molar-refractivity contribution in [2.75, 3.05) is 20.2 Å².